The summed E-state index contributed by atoms with van der Waals surface area (Å²) in [6.45, 7) is 0.936. The first-order valence-corrected chi connectivity index (χ1v) is 6.85. The van der Waals surface area contributed by atoms with Crippen molar-refractivity contribution in [2.75, 3.05) is 18.5 Å². The van der Waals surface area contributed by atoms with Gasteiger partial charge in [0.1, 0.15) is 5.82 Å². The van der Waals surface area contributed by atoms with Crippen LogP contribution in [0.2, 0.25) is 5.28 Å². The van der Waals surface area contributed by atoms with Gasteiger partial charge in [0.05, 0.1) is 11.1 Å². The highest BCUT2D eigenvalue weighted by Gasteiger charge is 2.33. The van der Waals surface area contributed by atoms with E-state index in [0.29, 0.717) is 5.82 Å². The highest BCUT2D eigenvalue weighted by Crippen LogP contribution is 2.38. The Hall–Kier alpha value is -0.390. The SMILES string of the molecule is OCC1(CNc2nc(Cl)ncc2Br)CCCC1. The van der Waals surface area contributed by atoms with Crippen molar-refractivity contribution in [2.45, 2.75) is 25.7 Å². The normalized spacial score (nSPS) is 18.3. The van der Waals surface area contributed by atoms with Gasteiger partial charge in [0.25, 0.3) is 0 Å². The molecular weight excluding hydrogens is 305 g/mol. The molecule has 1 aliphatic rings. The summed E-state index contributed by atoms with van der Waals surface area (Å²) in [5, 5.41) is 13.0. The van der Waals surface area contributed by atoms with Crippen LogP contribution in [0.4, 0.5) is 5.82 Å². The molecule has 1 aromatic rings. The first kappa shape index (κ1) is 13.1. The van der Waals surface area contributed by atoms with Crippen LogP contribution < -0.4 is 5.32 Å². The summed E-state index contributed by atoms with van der Waals surface area (Å²) in [4.78, 5) is 7.99. The molecule has 6 heteroatoms. The van der Waals surface area contributed by atoms with Crippen molar-refractivity contribution in [3.63, 3.8) is 0 Å². The van der Waals surface area contributed by atoms with E-state index in [4.69, 9.17) is 11.6 Å². The van der Waals surface area contributed by atoms with Gasteiger partial charge in [-0.25, -0.2) is 4.98 Å². The fraction of sp³-hybridized carbons (Fsp3) is 0.636. The number of rotatable bonds is 4. The van der Waals surface area contributed by atoms with Crippen LogP contribution >= 0.6 is 27.5 Å². The maximum Gasteiger partial charge on any atom is 0.224 e. The van der Waals surface area contributed by atoms with E-state index >= 15 is 0 Å². The molecular formula is C11H15BrClN3O. The van der Waals surface area contributed by atoms with E-state index < -0.39 is 0 Å². The zero-order valence-corrected chi connectivity index (χ0v) is 11.8. The quantitative estimate of drug-likeness (QED) is 0.838. The highest BCUT2D eigenvalue weighted by atomic mass is 79.9. The minimum Gasteiger partial charge on any atom is -0.396 e. The second kappa shape index (κ2) is 5.50. The first-order chi connectivity index (χ1) is 8.15. The molecule has 2 rings (SSSR count). The summed E-state index contributed by atoms with van der Waals surface area (Å²) in [6, 6.07) is 0. The topological polar surface area (TPSA) is 58.0 Å². The molecule has 1 fully saturated rings. The van der Waals surface area contributed by atoms with Crippen molar-refractivity contribution in [2.24, 2.45) is 5.41 Å². The van der Waals surface area contributed by atoms with Gasteiger partial charge < -0.3 is 10.4 Å². The van der Waals surface area contributed by atoms with Gasteiger partial charge in [0, 0.05) is 18.2 Å². The lowest BCUT2D eigenvalue weighted by Gasteiger charge is -2.27. The lowest BCUT2D eigenvalue weighted by atomic mass is 9.87. The third-order valence-electron chi connectivity index (χ3n) is 3.35. The molecule has 17 heavy (non-hydrogen) atoms. The van der Waals surface area contributed by atoms with E-state index in [1.807, 2.05) is 0 Å². The molecule has 0 atom stereocenters. The molecule has 0 saturated heterocycles. The molecule has 1 heterocycles. The Morgan fingerprint density at radius 3 is 2.82 bits per heavy atom. The van der Waals surface area contributed by atoms with E-state index in [1.165, 1.54) is 12.8 Å². The predicted octanol–water partition coefficient (Wildman–Crippen LogP) is 2.86. The number of hydrogen-bond donors (Lipinski definition) is 2. The average Bonchev–Trinajstić information content (AvgIpc) is 2.80. The molecule has 0 unspecified atom stereocenters. The smallest absolute Gasteiger partial charge is 0.224 e. The molecule has 94 valence electrons. The molecule has 0 spiro atoms. The zero-order valence-electron chi connectivity index (χ0n) is 9.42. The van der Waals surface area contributed by atoms with Crippen molar-refractivity contribution < 1.29 is 5.11 Å². The van der Waals surface area contributed by atoms with Crippen molar-refractivity contribution in [3.05, 3.63) is 16.0 Å². The number of aliphatic hydroxyl groups excluding tert-OH is 1. The lowest BCUT2D eigenvalue weighted by Crippen LogP contribution is -2.30. The second-order valence-electron chi connectivity index (χ2n) is 4.55. The maximum absolute atomic E-state index is 9.51. The molecule has 0 bridgehead atoms. The minimum absolute atomic E-state index is 0.00311. The number of nitrogens with one attached hydrogen (secondary N) is 1. The molecule has 0 radical (unpaired) electrons. The number of aromatic nitrogens is 2. The van der Waals surface area contributed by atoms with Gasteiger partial charge in [-0.3, -0.25) is 0 Å². The van der Waals surface area contributed by atoms with Crippen molar-refractivity contribution in [1.29, 1.82) is 0 Å². The van der Waals surface area contributed by atoms with E-state index in [9.17, 15) is 5.11 Å². The van der Waals surface area contributed by atoms with E-state index in [0.717, 1.165) is 23.9 Å². The van der Waals surface area contributed by atoms with Crippen molar-refractivity contribution in [1.82, 2.24) is 9.97 Å². The van der Waals surface area contributed by atoms with E-state index in [-0.39, 0.29) is 17.3 Å². The Kier molecular flexibility index (Phi) is 4.22. The zero-order chi connectivity index (χ0) is 12.3. The predicted molar refractivity (Wildman–Crippen MR) is 71.2 cm³/mol. The standard InChI is InChI=1S/C11H15BrClN3O/c12-8-5-14-10(13)16-9(8)15-6-11(7-17)3-1-2-4-11/h5,17H,1-4,6-7H2,(H,14,15,16). The molecule has 1 aliphatic carbocycles. The molecule has 0 aromatic carbocycles. The average molecular weight is 321 g/mol. The Morgan fingerprint density at radius 1 is 1.47 bits per heavy atom. The van der Waals surface area contributed by atoms with Crippen molar-refractivity contribution in [3.8, 4) is 0 Å². The van der Waals surface area contributed by atoms with Crippen LogP contribution in [-0.4, -0.2) is 28.2 Å². The largest absolute Gasteiger partial charge is 0.396 e. The molecule has 4 nitrogen and oxygen atoms in total. The fourth-order valence-electron chi connectivity index (χ4n) is 2.26. The van der Waals surface area contributed by atoms with Gasteiger partial charge in [-0.05, 0) is 40.4 Å². The summed E-state index contributed by atoms with van der Waals surface area (Å²) in [7, 11) is 0. The lowest BCUT2D eigenvalue weighted by molar-refractivity contribution is 0.142. The number of halogens is 2. The summed E-state index contributed by atoms with van der Waals surface area (Å²) >= 11 is 9.12. The first-order valence-electron chi connectivity index (χ1n) is 5.68. The summed E-state index contributed by atoms with van der Waals surface area (Å²) in [6.07, 6.45) is 6.12. The minimum atomic E-state index is -0.00311. The number of hydrogen-bond acceptors (Lipinski definition) is 4. The third kappa shape index (κ3) is 3.09. The Labute approximate surface area is 114 Å². The Morgan fingerprint density at radius 2 is 2.18 bits per heavy atom. The number of aliphatic hydroxyl groups is 1. The molecule has 0 amide bonds. The van der Waals surface area contributed by atoms with E-state index in [1.54, 1.807) is 6.20 Å². The van der Waals surface area contributed by atoms with Gasteiger partial charge >= 0.3 is 0 Å². The highest BCUT2D eigenvalue weighted by molar-refractivity contribution is 9.10. The van der Waals surface area contributed by atoms with E-state index in [2.05, 4.69) is 31.2 Å². The summed E-state index contributed by atoms with van der Waals surface area (Å²) in [5.41, 5.74) is -0.00311. The molecule has 1 saturated carbocycles. The third-order valence-corrected chi connectivity index (χ3v) is 4.11. The van der Waals surface area contributed by atoms with Crippen LogP contribution in [0.25, 0.3) is 0 Å². The van der Waals surface area contributed by atoms with Gasteiger partial charge in [-0.2, -0.15) is 4.98 Å². The molecule has 1 aromatic heterocycles. The van der Waals surface area contributed by atoms with Crippen LogP contribution in [0.5, 0.6) is 0 Å². The Balaban J connectivity index is 2.03. The van der Waals surface area contributed by atoms with Crippen LogP contribution in [0.15, 0.2) is 10.7 Å². The van der Waals surface area contributed by atoms with Crippen LogP contribution in [0.3, 0.4) is 0 Å². The maximum atomic E-state index is 9.51. The van der Waals surface area contributed by atoms with Gasteiger partial charge in [-0.1, -0.05) is 12.8 Å². The monoisotopic (exact) mass is 319 g/mol. The van der Waals surface area contributed by atoms with Crippen molar-refractivity contribution >= 4 is 33.3 Å². The van der Waals surface area contributed by atoms with Crippen LogP contribution in [0.1, 0.15) is 25.7 Å². The Bertz CT molecular complexity index is 396. The van der Waals surface area contributed by atoms with Crippen LogP contribution in [0, 0.1) is 5.41 Å². The van der Waals surface area contributed by atoms with Crippen LogP contribution in [-0.2, 0) is 0 Å². The second-order valence-corrected chi connectivity index (χ2v) is 5.75. The van der Waals surface area contributed by atoms with Gasteiger partial charge in [0.15, 0.2) is 0 Å². The number of nitrogens with zero attached hydrogens (tertiary/aromatic N) is 2. The van der Waals surface area contributed by atoms with Gasteiger partial charge in [0.2, 0.25) is 5.28 Å². The summed E-state index contributed by atoms with van der Waals surface area (Å²) < 4.78 is 0.785. The number of anilines is 1. The summed E-state index contributed by atoms with van der Waals surface area (Å²) in [5.74, 6) is 0.685. The fourth-order valence-corrected chi connectivity index (χ4v) is 2.72. The van der Waals surface area contributed by atoms with Gasteiger partial charge in [-0.15, -0.1) is 0 Å². The molecule has 2 N–H and O–H groups in total. The molecule has 0 aliphatic heterocycles.